The number of carbonyl (C=O) groups is 2. The van der Waals surface area contributed by atoms with Gasteiger partial charge in [0.15, 0.2) is 0 Å². The maximum absolute atomic E-state index is 12.2. The molecule has 106 valence electrons. The Labute approximate surface area is 117 Å². The van der Waals surface area contributed by atoms with Gasteiger partial charge in [-0.2, -0.15) is 0 Å². The third-order valence-electron chi connectivity index (χ3n) is 3.59. The number of nitrogens with one attached hydrogen (secondary N) is 1. The van der Waals surface area contributed by atoms with Crippen LogP contribution in [0.5, 0.6) is 0 Å². The molecular formula is C14H17N3O3. The lowest BCUT2D eigenvalue weighted by atomic mass is 9.75. The van der Waals surface area contributed by atoms with E-state index in [0.29, 0.717) is 13.1 Å². The number of pyridine rings is 1. The van der Waals surface area contributed by atoms with Gasteiger partial charge in [-0.3, -0.25) is 9.78 Å². The molecule has 3 rings (SSSR count). The average molecular weight is 275 g/mol. The fraction of sp³-hybridized carbons (Fsp3) is 0.500. The Bertz CT molecular complexity index is 586. The van der Waals surface area contributed by atoms with Crippen molar-refractivity contribution in [2.24, 2.45) is 0 Å². The molecule has 20 heavy (non-hydrogen) atoms. The Hall–Kier alpha value is -2.11. The van der Waals surface area contributed by atoms with E-state index in [1.165, 1.54) is 0 Å². The van der Waals surface area contributed by atoms with Gasteiger partial charge in [0.1, 0.15) is 11.0 Å². The maximum Gasteiger partial charge on any atom is 0.410 e. The van der Waals surface area contributed by atoms with Gasteiger partial charge < -0.3 is 15.0 Å². The van der Waals surface area contributed by atoms with E-state index in [-0.39, 0.29) is 12.0 Å². The predicted molar refractivity (Wildman–Crippen MR) is 72.4 cm³/mol. The number of anilines is 1. The number of hydrogen-bond donors (Lipinski definition) is 1. The van der Waals surface area contributed by atoms with E-state index >= 15 is 0 Å². The van der Waals surface area contributed by atoms with Crippen LogP contribution in [0.15, 0.2) is 18.5 Å². The van der Waals surface area contributed by atoms with Gasteiger partial charge in [0.2, 0.25) is 5.91 Å². The minimum absolute atomic E-state index is 0.0692. The second-order valence-electron chi connectivity index (χ2n) is 6.29. The Morgan fingerprint density at radius 1 is 1.45 bits per heavy atom. The van der Waals surface area contributed by atoms with Crippen LogP contribution in [-0.4, -0.2) is 40.6 Å². The molecule has 0 radical (unpaired) electrons. The van der Waals surface area contributed by atoms with E-state index in [9.17, 15) is 9.59 Å². The highest BCUT2D eigenvalue weighted by molar-refractivity contribution is 6.08. The first-order chi connectivity index (χ1) is 9.32. The molecule has 1 fully saturated rings. The summed E-state index contributed by atoms with van der Waals surface area (Å²) in [5, 5.41) is 2.84. The molecule has 0 aromatic carbocycles. The Balaban J connectivity index is 1.77. The van der Waals surface area contributed by atoms with Gasteiger partial charge in [-0.25, -0.2) is 4.79 Å². The lowest BCUT2D eigenvalue weighted by Crippen LogP contribution is -2.64. The van der Waals surface area contributed by atoms with Gasteiger partial charge in [-0.15, -0.1) is 0 Å². The summed E-state index contributed by atoms with van der Waals surface area (Å²) in [5.41, 5.74) is 0.469. The van der Waals surface area contributed by atoms with Gasteiger partial charge in [0, 0.05) is 36.7 Å². The lowest BCUT2D eigenvalue weighted by molar-refractivity contribution is -0.126. The largest absolute Gasteiger partial charge is 0.444 e. The molecule has 6 nitrogen and oxygen atoms in total. The minimum Gasteiger partial charge on any atom is -0.444 e. The number of carbonyl (C=O) groups excluding carboxylic acids is 2. The van der Waals surface area contributed by atoms with Crippen LogP contribution in [0.2, 0.25) is 0 Å². The fourth-order valence-corrected chi connectivity index (χ4v) is 2.62. The normalized spacial score (nSPS) is 19.4. The van der Waals surface area contributed by atoms with E-state index in [0.717, 1.165) is 11.3 Å². The van der Waals surface area contributed by atoms with Gasteiger partial charge in [-0.05, 0) is 26.8 Å². The summed E-state index contributed by atoms with van der Waals surface area (Å²) in [6.07, 6.45) is 2.95. The van der Waals surface area contributed by atoms with Crippen molar-refractivity contribution in [1.82, 2.24) is 9.88 Å². The van der Waals surface area contributed by atoms with Gasteiger partial charge in [0.25, 0.3) is 0 Å². The summed E-state index contributed by atoms with van der Waals surface area (Å²) in [7, 11) is 0. The second kappa shape index (κ2) is 3.94. The van der Waals surface area contributed by atoms with Crippen LogP contribution in [0, 0.1) is 0 Å². The average Bonchev–Trinajstić information content (AvgIpc) is 2.56. The molecule has 0 saturated carbocycles. The monoisotopic (exact) mass is 275 g/mol. The third kappa shape index (κ3) is 1.83. The van der Waals surface area contributed by atoms with Crippen molar-refractivity contribution in [2.45, 2.75) is 31.8 Å². The predicted octanol–water partition coefficient (Wildman–Crippen LogP) is 1.52. The van der Waals surface area contributed by atoms with Crippen molar-refractivity contribution in [3.63, 3.8) is 0 Å². The second-order valence-corrected chi connectivity index (χ2v) is 6.29. The Morgan fingerprint density at radius 3 is 2.80 bits per heavy atom. The molecule has 1 saturated heterocycles. The van der Waals surface area contributed by atoms with Crippen LogP contribution in [0.1, 0.15) is 26.3 Å². The molecule has 0 bridgehead atoms. The summed E-state index contributed by atoms with van der Waals surface area (Å²) in [5.74, 6) is -0.0692. The van der Waals surface area contributed by atoms with Crippen molar-refractivity contribution < 1.29 is 14.3 Å². The van der Waals surface area contributed by atoms with E-state index < -0.39 is 11.0 Å². The van der Waals surface area contributed by atoms with Crippen LogP contribution in [-0.2, 0) is 14.9 Å². The number of ether oxygens (including phenoxy) is 1. The van der Waals surface area contributed by atoms with Crippen LogP contribution >= 0.6 is 0 Å². The van der Waals surface area contributed by atoms with Crippen molar-refractivity contribution in [3.05, 3.63) is 24.0 Å². The molecule has 2 aliphatic rings. The molecule has 0 aliphatic carbocycles. The van der Waals surface area contributed by atoms with E-state index in [4.69, 9.17) is 4.74 Å². The highest BCUT2D eigenvalue weighted by Crippen LogP contribution is 2.43. The molecule has 1 aromatic heterocycles. The number of fused-ring (bicyclic) bond motifs is 2. The van der Waals surface area contributed by atoms with Crippen molar-refractivity contribution in [3.8, 4) is 0 Å². The summed E-state index contributed by atoms with van der Waals surface area (Å²) >= 11 is 0. The van der Waals surface area contributed by atoms with E-state index in [2.05, 4.69) is 10.3 Å². The minimum atomic E-state index is -0.652. The molecule has 1 spiro atoms. The van der Waals surface area contributed by atoms with Gasteiger partial charge in [-0.1, -0.05) is 0 Å². The zero-order valence-corrected chi connectivity index (χ0v) is 11.8. The lowest BCUT2D eigenvalue weighted by Gasteiger charge is -2.46. The zero-order valence-electron chi connectivity index (χ0n) is 11.8. The first-order valence-electron chi connectivity index (χ1n) is 6.56. The van der Waals surface area contributed by atoms with Crippen LogP contribution < -0.4 is 5.32 Å². The number of hydrogen-bond acceptors (Lipinski definition) is 4. The van der Waals surface area contributed by atoms with Crippen molar-refractivity contribution in [1.29, 1.82) is 0 Å². The number of aromatic nitrogens is 1. The molecule has 0 unspecified atom stereocenters. The summed E-state index contributed by atoms with van der Waals surface area (Å²) < 4.78 is 5.31. The van der Waals surface area contributed by atoms with Gasteiger partial charge >= 0.3 is 6.09 Å². The molecule has 0 atom stereocenters. The summed E-state index contributed by atoms with van der Waals surface area (Å²) in [6, 6.07) is 1.78. The molecule has 1 aromatic rings. The zero-order chi connectivity index (χ0) is 14.5. The van der Waals surface area contributed by atoms with Crippen molar-refractivity contribution >= 4 is 17.7 Å². The maximum atomic E-state index is 12.2. The van der Waals surface area contributed by atoms with E-state index in [1.54, 1.807) is 23.4 Å². The Kier molecular flexibility index (Phi) is 2.54. The molecule has 2 amide bonds. The Morgan fingerprint density at radius 2 is 2.15 bits per heavy atom. The third-order valence-corrected chi connectivity index (χ3v) is 3.59. The highest BCUT2D eigenvalue weighted by Gasteiger charge is 2.57. The van der Waals surface area contributed by atoms with Crippen LogP contribution in [0.4, 0.5) is 10.5 Å². The highest BCUT2D eigenvalue weighted by atomic mass is 16.6. The molecule has 2 aliphatic heterocycles. The first-order valence-corrected chi connectivity index (χ1v) is 6.56. The quantitative estimate of drug-likeness (QED) is 0.779. The number of amides is 2. The van der Waals surface area contributed by atoms with Crippen molar-refractivity contribution in [2.75, 3.05) is 18.4 Å². The summed E-state index contributed by atoms with van der Waals surface area (Å²) in [4.78, 5) is 29.7. The molecule has 1 N–H and O–H groups in total. The fourth-order valence-electron chi connectivity index (χ4n) is 2.62. The molecule has 6 heteroatoms. The number of nitrogens with zero attached hydrogens (tertiary/aromatic N) is 2. The smallest absolute Gasteiger partial charge is 0.410 e. The molecule has 3 heterocycles. The van der Waals surface area contributed by atoms with Crippen LogP contribution in [0.25, 0.3) is 0 Å². The standard InChI is InChI=1S/C14H17N3O3/c1-13(2,3)20-12(19)17-7-14(8-17)9-6-15-5-4-10(9)16-11(14)18/h4-6H,7-8H2,1-3H3,(H,16,18). The number of likely N-dealkylation sites (tertiary alicyclic amines) is 1. The molecular weight excluding hydrogens is 258 g/mol. The number of rotatable bonds is 0. The SMILES string of the molecule is CC(C)(C)OC(=O)N1CC2(C1)C(=O)Nc1ccncc12. The summed E-state index contributed by atoms with van der Waals surface area (Å²) in [6.45, 7) is 6.14. The first kappa shape index (κ1) is 12.9. The van der Waals surface area contributed by atoms with Crippen LogP contribution in [0.3, 0.4) is 0 Å². The van der Waals surface area contributed by atoms with Gasteiger partial charge in [0.05, 0.1) is 0 Å². The van der Waals surface area contributed by atoms with E-state index in [1.807, 2.05) is 20.8 Å². The topological polar surface area (TPSA) is 71.5 Å².